The number of hydrogen-bond acceptors (Lipinski definition) is 3. The number of thiocarbonyl (C=S) groups is 1. The molecule has 0 fully saturated rings. The zero-order valence-corrected chi connectivity index (χ0v) is 7.59. The van der Waals surface area contributed by atoms with Crippen LogP contribution in [0.1, 0.15) is 13.3 Å². The summed E-state index contributed by atoms with van der Waals surface area (Å²) in [4.78, 5) is 0. The second-order valence-corrected chi connectivity index (χ2v) is 4.41. The molecule has 0 unspecified atom stereocenters. The summed E-state index contributed by atoms with van der Waals surface area (Å²) in [5.41, 5.74) is 0. The molecule has 3 heteroatoms. The van der Waals surface area contributed by atoms with Crippen LogP contribution in [-0.2, 0) is 0 Å². The van der Waals surface area contributed by atoms with Crippen LogP contribution in [-0.4, -0.2) is 15.5 Å². The first-order valence-electron chi connectivity index (χ1n) is 2.52. The lowest BCUT2D eigenvalue weighted by Gasteiger charge is -1.94. The van der Waals surface area contributed by atoms with Crippen LogP contribution in [0, 0.1) is 0 Å². The second-order valence-electron chi connectivity index (χ2n) is 1.30. The van der Waals surface area contributed by atoms with Crippen LogP contribution in [0.5, 0.6) is 0 Å². The first-order chi connectivity index (χ1) is 3.81. The van der Waals surface area contributed by atoms with Crippen LogP contribution in [0.15, 0.2) is 0 Å². The Morgan fingerprint density at radius 3 is 2.62 bits per heavy atom. The van der Waals surface area contributed by atoms with Gasteiger partial charge in [0, 0.05) is 0 Å². The highest BCUT2D eigenvalue weighted by molar-refractivity contribution is 8.46. The van der Waals surface area contributed by atoms with Gasteiger partial charge in [-0.2, -0.15) is 0 Å². The zero-order chi connectivity index (χ0) is 6.41. The molecule has 0 saturated heterocycles. The van der Waals surface area contributed by atoms with Gasteiger partial charge in [0.1, 0.15) is 3.53 Å². The molecule has 0 bridgehead atoms. The van der Waals surface area contributed by atoms with Crippen LogP contribution < -0.4 is 0 Å². The molecule has 0 rings (SSSR count). The Hall–Kier alpha value is 0.790. The molecule has 8 heavy (non-hydrogen) atoms. The quantitative estimate of drug-likeness (QED) is 0.579. The maximum Gasteiger partial charge on any atom is 0.103 e. The zero-order valence-electron chi connectivity index (χ0n) is 5.14. The van der Waals surface area contributed by atoms with E-state index in [2.05, 4.69) is 6.92 Å². The van der Waals surface area contributed by atoms with E-state index in [1.54, 1.807) is 23.5 Å². The molecule has 0 aromatic heterocycles. The molecule has 0 heterocycles. The summed E-state index contributed by atoms with van der Waals surface area (Å²) < 4.78 is 1.06. The third kappa shape index (κ3) is 4.94. The van der Waals surface area contributed by atoms with Gasteiger partial charge in [-0.25, -0.2) is 0 Å². The second kappa shape index (κ2) is 5.92. The van der Waals surface area contributed by atoms with Gasteiger partial charge < -0.3 is 0 Å². The molecule has 0 aromatic carbocycles. The number of hydrogen-bond donors (Lipinski definition) is 0. The Labute approximate surface area is 64.8 Å². The molecule has 0 aromatic rings. The fourth-order valence-corrected chi connectivity index (χ4v) is 1.59. The third-order valence-corrected chi connectivity index (χ3v) is 3.48. The number of rotatable bonds is 2. The summed E-state index contributed by atoms with van der Waals surface area (Å²) in [6, 6.07) is 0. The van der Waals surface area contributed by atoms with E-state index in [-0.39, 0.29) is 0 Å². The van der Waals surface area contributed by atoms with E-state index < -0.39 is 0 Å². The highest BCUT2D eigenvalue weighted by Crippen LogP contribution is 2.14. The molecule has 0 aliphatic heterocycles. The Morgan fingerprint density at radius 1 is 1.62 bits per heavy atom. The molecule has 0 saturated carbocycles. The normalized spacial score (nSPS) is 9.25. The topological polar surface area (TPSA) is 0 Å². The summed E-state index contributed by atoms with van der Waals surface area (Å²) >= 11 is 8.38. The predicted octanol–water partition coefficient (Wildman–Crippen LogP) is 2.78. The average Bonchev–Trinajstić information content (AvgIpc) is 1.83. The lowest BCUT2D eigenvalue weighted by atomic mass is 10.6. The Kier molecular flexibility index (Phi) is 6.50. The summed E-state index contributed by atoms with van der Waals surface area (Å²) in [7, 11) is 0. The summed E-state index contributed by atoms with van der Waals surface area (Å²) in [6.45, 7) is 2.16. The minimum atomic E-state index is 1.06. The van der Waals surface area contributed by atoms with Crippen LogP contribution in [0.4, 0.5) is 0 Å². The summed E-state index contributed by atoms with van der Waals surface area (Å²) in [6.07, 6.45) is 3.23. The van der Waals surface area contributed by atoms with Crippen LogP contribution in [0.25, 0.3) is 0 Å². The van der Waals surface area contributed by atoms with E-state index in [4.69, 9.17) is 12.2 Å². The molecule has 0 amide bonds. The summed E-state index contributed by atoms with van der Waals surface area (Å²) in [5.74, 6) is 1.17. The first kappa shape index (κ1) is 8.79. The van der Waals surface area contributed by atoms with Gasteiger partial charge in [-0.3, -0.25) is 0 Å². The average molecular weight is 166 g/mol. The molecule has 0 radical (unpaired) electrons. The highest BCUT2D eigenvalue weighted by Gasteiger charge is 1.90. The van der Waals surface area contributed by atoms with Crippen LogP contribution >= 0.6 is 35.7 Å². The van der Waals surface area contributed by atoms with Crippen molar-refractivity contribution in [3.05, 3.63) is 0 Å². The highest BCUT2D eigenvalue weighted by atomic mass is 32.2. The van der Waals surface area contributed by atoms with Crippen molar-refractivity contribution in [2.45, 2.75) is 13.3 Å². The van der Waals surface area contributed by atoms with Crippen molar-refractivity contribution in [2.24, 2.45) is 0 Å². The van der Waals surface area contributed by atoms with Gasteiger partial charge in [-0.1, -0.05) is 19.1 Å². The minimum absolute atomic E-state index is 1.06. The third-order valence-electron chi connectivity index (χ3n) is 0.591. The molecule has 0 aliphatic carbocycles. The molecule has 0 nitrogen and oxygen atoms in total. The standard InChI is InChI=1S/C5H10S3/c1-3-4-8-5(6)7-2/h3-4H2,1-2H3. The van der Waals surface area contributed by atoms with E-state index >= 15 is 0 Å². The van der Waals surface area contributed by atoms with Gasteiger partial charge in [0.2, 0.25) is 0 Å². The monoisotopic (exact) mass is 166 g/mol. The van der Waals surface area contributed by atoms with Crippen molar-refractivity contribution in [2.75, 3.05) is 12.0 Å². The Balaban J connectivity index is 2.99. The molecule has 0 atom stereocenters. The van der Waals surface area contributed by atoms with Crippen molar-refractivity contribution in [3.63, 3.8) is 0 Å². The molecular formula is C5H10S3. The molecule has 48 valence electrons. The van der Waals surface area contributed by atoms with Crippen LogP contribution in [0.2, 0.25) is 0 Å². The van der Waals surface area contributed by atoms with Crippen molar-refractivity contribution in [3.8, 4) is 0 Å². The van der Waals surface area contributed by atoms with Gasteiger partial charge in [0.25, 0.3) is 0 Å². The SMILES string of the molecule is CCCSC(=S)SC. The molecule has 0 aliphatic rings. The lowest BCUT2D eigenvalue weighted by molar-refractivity contribution is 1.11. The lowest BCUT2D eigenvalue weighted by Crippen LogP contribution is -1.79. The number of thioether (sulfide) groups is 2. The maximum absolute atomic E-state index is 4.95. The van der Waals surface area contributed by atoms with Gasteiger partial charge in [-0.05, 0) is 18.4 Å². The van der Waals surface area contributed by atoms with E-state index in [1.165, 1.54) is 12.2 Å². The maximum atomic E-state index is 4.95. The molecule has 0 spiro atoms. The smallest absolute Gasteiger partial charge is 0.103 e. The predicted molar refractivity (Wildman–Crippen MR) is 48.9 cm³/mol. The Morgan fingerprint density at radius 2 is 2.25 bits per heavy atom. The van der Waals surface area contributed by atoms with Crippen molar-refractivity contribution in [1.29, 1.82) is 0 Å². The van der Waals surface area contributed by atoms with Gasteiger partial charge in [0.05, 0.1) is 0 Å². The van der Waals surface area contributed by atoms with E-state index in [9.17, 15) is 0 Å². The van der Waals surface area contributed by atoms with Gasteiger partial charge >= 0.3 is 0 Å². The van der Waals surface area contributed by atoms with E-state index in [0.29, 0.717) is 0 Å². The van der Waals surface area contributed by atoms with Crippen LogP contribution in [0.3, 0.4) is 0 Å². The fraction of sp³-hybridized carbons (Fsp3) is 0.800. The van der Waals surface area contributed by atoms with Crippen molar-refractivity contribution < 1.29 is 0 Å². The van der Waals surface area contributed by atoms with Gasteiger partial charge in [0.15, 0.2) is 0 Å². The Bertz CT molecular complexity index is 70.1. The van der Waals surface area contributed by atoms with Crippen molar-refractivity contribution >= 4 is 39.3 Å². The largest absolute Gasteiger partial charge is 0.111 e. The van der Waals surface area contributed by atoms with E-state index in [1.807, 2.05) is 6.26 Å². The van der Waals surface area contributed by atoms with E-state index in [0.717, 1.165) is 3.53 Å². The molecular weight excluding hydrogens is 156 g/mol. The fourth-order valence-electron chi connectivity index (χ4n) is 0.244. The van der Waals surface area contributed by atoms with Crippen molar-refractivity contribution in [1.82, 2.24) is 0 Å². The minimum Gasteiger partial charge on any atom is -0.111 e. The first-order valence-corrected chi connectivity index (χ1v) is 5.13. The molecule has 0 N–H and O–H groups in total. The van der Waals surface area contributed by atoms with Gasteiger partial charge in [-0.15, -0.1) is 23.5 Å². The summed E-state index contributed by atoms with van der Waals surface area (Å²) in [5, 5.41) is 0.